The van der Waals surface area contributed by atoms with Gasteiger partial charge in [-0.15, -0.1) is 0 Å². The molecule has 0 aliphatic rings. The van der Waals surface area contributed by atoms with Gasteiger partial charge < -0.3 is 14.6 Å². The lowest BCUT2D eigenvalue weighted by Gasteiger charge is -2.09. The maximum atomic E-state index is 11.1. The molecule has 2 aromatic rings. The molecule has 0 bridgehead atoms. The van der Waals surface area contributed by atoms with Gasteiger partial charge in [0.25, 0.3) is 0 Å². The van der Waals surface area contributed by atoms with Gasteiger partial charge in [0.15, 0.2) is 0 Å². The van der Waals surface area contributed by atoms with Gasteiger partial charge in [0, 0.05) is 13.1 Å². The number of hydrogen-bond acceptors (Lipinski definition) is 5. The number of aromatic nitrogens is 2. The topological polar surface area (TPSA) is 97.4 Å². The molecule has 1 aromatic heterocycles. The monoisotopic (exact) mass is 287 g/mol. The number of carboxylic acids is 1. The predicted octanol–water partition coefficient (Wildman–Crippen LogP) is 1.58. The van der Waals surface area contributed by atoms with E-state index in [1.165, 1.54) is 18.0 Å². The molecule has 1 N–H and O–H groups in total. The molecule has 0 radical (unpaired) electrons. The summed E-state index contributed by atoms with van der Waals surface area (Å²) < 4.78 is 12.1. The fourth-order valence-corrected chi connectivity index (χ4v) is 1.80. The van der Waals surface area contributed by atoms with E-state index in [1.54, 1.807) is 25.2 Å². The summed E-state index contributed by atoms with van der Waals surface area (Å²) in [6, 6.07) is 6.77. The molecule has 0 unspecified atom stereocenters. The van der Waals surface area contributed by atoms with Crippen molar-refractivity contribution in [2.75, 3.05) is 7.11 Å². The van der Waals surface area contributed by atoms with Crippen molar-refractivity contribution in [3.05, 3.63) is 41.2 Å². The van der Waals surface area contributed by atoms with E-state index < -0.39 is 5.97 Å². The number of hydrogen-bond donors (Lipinski definition) is 1. The van der Waals surface area contributed by atoms with Crippen LogP contribution in [-0.2, 0) is 13.7 Å². The van der Waals surface area contributed by atoms with Gasteiger partial charge in [0.1, 0.15) is 23.7 Å². The van der Waals surface area contributed by atoms with E-state index in [-0.39, 0.29) is 12.2 Å². The smallest absolute Gasteiger partial charge is 0.339 e. The average molecular weight is 287 g/mol. The molecule has 7 nitrogen and oxygen atoms in total. The van der Waals surface area contributed by atoms with Crippen LogP contribution in [0.2, 0.25) is 0 Å². The Morgan fingerprint density at radius 3 is 2.76 bits per heavy atom. The Kier molecular flexibility index (Phi) is 4.09. The second-order valence-corrected chi connectivity index (χ2v) is 4.23. The van der Waals surface area contributed by atoms with Crippen LogP contribution in [0.15, 0.2) is 24.4 Å². The summed E-state index contributed by atoms with van der Waals surface area (Å²) >= 11 is 0. The summed E-state index contributed by atoms with van der Waals surface area (Å²) in [6.45, 7) is 0.0240. The van der Waals surface area contributed by atoms with Gasteiger partial charge in [-0.1, -0.05) is 0 Å². The lowest BCUT2D eigenvalue weighted by atomic mass is 10.2. The van der Waals surface area contributed by atoms with Crippen LogP contribution in [0.3, 0.4) is 0 Å². The van der Waals surface area contributed by atoms with Crippen molar-refractivity contribution >= 4 is 5.97 Å². The number of benzene rings is 1. The third-order valence-corrected chi connectivity index (χ3v) is 2.91. The second-order valence-electron chi connectivity index (χ2n) is 4.23. The number of aromatic carboxylic acids is 1. The number of methoxy groups -OCH3 is 1. The highest BCUT2D eigenvalue weighted by Crippen LogP contribution is 2.23. The maximum absolute atomic E-state index is 11.1. The van der Waals surface area contributed by atoms with Gasteiger partial charge in [-0.25, -0.2) is 4.79 Å². The predicted molar refractivity (Wildman–Crippen MR) is 72.2 cm³/mol. The molecular weight excluding hydrogens is 274 g/mol. The number of ether oxygens (including phenoxy) is 2. The minimum atomic E-state index is -1.06. The third kappa shape index (κ3) is 3.12. The molecule has 0 aliphatic heterocycles. The summed E-state index contributed by atoms with van der Waals surface area (Å²) in [7, 11) is 3.13. The van der Waals surface area contributed by atoms with Gasteiger partial charge in [-0.3, -0.25) is 4.68 Å². The first-order valence-electron chi connectivity index (χ1n) is 6.01. The minimum absolute atomic E-state index is 0.0240. The van der Waals surface area contributed by atoms with Crippen LogP contribution in [0.5, 0.6) is 11.5 Å². The van der Waals surface area contributed by atoms with E-state index in [0.29, 0.717) is 22.8 Å². The maximum Gasteiger partial charge on any atom is 0.339 e. The molecule has 0 saturated carbocycles. The Bertz CT molecular complexity index is 715. The van der Waals surface area contributed by atoms with Crippen LogP contribution < -0.4 is 9.47 Å². The average Bonchev–Trinajstić information content (AvgIpc) is 2.85. The van der Waals surface area contributed by atoms with Crippen molar-refractivity contribution in [2.24, 2.45) is 7.05 Å². The van der Waals surface area contributed by atoms with Gasteiger partial charge in [-0.05, 0) is 12.1 Å². The molecule has 0 amide bonds. The Balaban J connectivity index is 2.23. The molecule has 0 fully saturated rings. The SMILES string of the molecule is COc1cc(C#N)cc(OCc2c(C(=O)O)cnn2C)c1. The van der Waals surface area contributed by atoms with Crippen LogP contribution in [-0.4, -0.2) is 28.0 Å². The highest BCUT2D eigenvalue weighted by molar-refractivity contribution is 5.88. The molecule has 0 spiro atoms. The summed E-state index contributed by atoms with van der Waals surface area (Å²) in [4.78, 5) is 11.1. The first-order chi connectivity index (χ1) is 10.0. The van der Waals surface area contributed by atoms with Gasteiger partial charge in [0.2, 0.25) is 0 Å². The van der Waals surface area contributed by atoms with Crippen molar-refractivity contribution in [1.82, 2.24) is 9.78 Å². The zero-order valence-electron chi connectivity index (χ0n) is 11.5. The number of nitrogens with zero attached hydrogens (tertiary/aromatic N) is 3. The van der Waals surface area contributed by atoms with Crippen molar-refractivity contribution < 1.29 is 19.4 Å². The zero-order chi connectivity index (χ0) is 15.4. The molecule has 1 aromatic carbocycles. The lowest BCUT2D eigenvalue weighted by molar-refractivity contribution is 0.0693. The van der Waals surface area contributed by atoms with Crippen molar-refractivity contribution in [1.29, 1.82) is 5.26 Å². The second kappa shape index (κ2) is 5.96. The largest absolute Gasteiger partial charge is 0.497 e. The van der Waals surface area contributed by atoms with Crippen molar-refractivity contribution in [3.8, 4) is 17.6 Å². The van der Waals surface area contributed by atoms with E-state index in [2.05, 4.69) is 5.10 Å². The van der Waals surface area contributed by atoms with Crippen molar-refractivity contribution in [3.63, 3.8) is 0 Å². The summed E-state index contributed by atoms with van der Waals surface area (Å²) in [5, 5.41) is 21.9. The minimum Gasteiger partial charge on any atom is -0.497 e. The molecule has 0 atom stereocenters. The first-order valence-corrected chi connectivity index (χ1v) is 6.01. The number of carboxylic acid groups (broad SMARTS) is 1. The van der Waals surface area contributed by atoms with E-state index >= 15 is 0 Å². The van der Waals surface area contributed by atoms with Gasteiger partial charge >= 0.3 is 5.97 Å². The Morgan fingerprint density at radius 2 is 2.14 bits per heavy atom. The van der Waals surface area contributed by atoms with E-state index in [4.69, 9.17) is 19.8 Å². The third-order valence-electron chi connectivity index (χ3n) is 2.91. The van der Waals surface area contributed by atoms with Crippen LogP contribution in [0.1, 0.15) is 21.6 Å². The molecule has 0 saturated heterocycles. The normalized spacial score (nSPS) is 9.95. The molecular formula is C14H13N3O4. The zero-order valence-corrected chi connectivity index (χ0v) is 11.5. The molecule has 7 heteroatoms. The summed E-state index contributed by atoms with van der Waals surface area (Å²) in [5.41, 5.74) is 0.914. The fourth-order valence-electron chi connectivity index (χ4n) is 1.80. The summed E-state index contributed by atoms with van der Waals surface area (Å²) in [6.07, 6.45) is 1.27. The number of nitriles is 1. The standard InChI is InChI=1S/C14H13N3O4/c1-17-13(12(7-16-17)14(18)19)8-21-11-4-9(6-15)3-10(5-11)20-2/h3-5,7H,8H2,1-2H3,(H,18,19). The van der Waals surface area contributed by atoms with E-state index in [0.717, 1.165) is 0 Å². The Labute approximate surface area is 120 Å². The molecule has 2 rings (SSSR count). The molecule has 1 heterocycles. The fraction of sp³-hybridized carbons (Fsp3) is 0.214. The van der Waals surface area contributed by atoms with Crippen LogP contribution in [0.4, 0.5) is 0 Å². The number of rotatable bonds is 5. The van der Waals surface area contributed by atoms with Gasteiger partial charge in [0.05, 0.1) is 30.6 Å². The van der Waals surface area contributed by atoms with Crippen molar-refractivity contribution in [2.45, 2.75) is 6.61 Å². The Morgan fingerprint density at radius 1 is 1.43 bits per heavy atom. The quantitative estimate of drug-likeness (QED) is 0.896. The Hall–Kier alpha value is -3.01. The lowest BCUT2D eigenvalue weighted by Crippen LogP contribution is -2.08. The molecule has 0 aliphatic carbocycles. The highest BCUT2D eigenvalue weighted by atomic mass is 16.5. The van der Waals surface area contributed by atoms with E-state index in [1.807, 2.05) is 6.07 Å². The number of carbonyl (C=O) groups is 1. The van der Waals surface area contributed by atoms with Crippen LogP contribution in [0.25, 0.3) is 0 Å². The highest BCUT2D eigenvalue weighted by Gasteiger charge is 2.15. The first kappa shape index (κ1) is 14.4. The molecule has 108 valence electrons. The van der Waals surface area contributed by atoms with Crippen LogP contribution >= 0.6 is 0 Å². The summed E-state index contributed by atoms with van der Waals surface area (Å²) in [5.74, 6) is -0.152. The number of aryl methyl sites for hydroxylation is 1. The molecule has 21 heavy (non-hydrogen) atoms. The van der Waals surface area contributed by atoms with E-state index in [9.17, 15) is 4.79 Å². The van der Waals surface area contributed by atoms with Crippen LogP contribution in [0, 0.1) is 11.3 Å². The van der Waals surface area contributed by atoms with Gasteiger partial charge in [-0.2, -0.15) is 10.4 Å².